The minimum absolute atomic E-state index is 0.572. The molecule has 0 spiro atoms. The summed E-state index contributed by atoms with van der Waals surface area (Å²) in [6, 6.07) is 3.86. The van der Waals surface area contributed by atoms with Gasteiger partial charge in [0.05, 0.1) is 15.7 Å². The molecule has 4 heteroatoms. The molecule has 1 N–H and O–H groups in total. The first-order valence-electron chi connectivity index (χ1n) is 6.04. The number of anilines is 1. The topological polar surface area (TPSA) is 12.0 Å². The molecule has 1 nitrogen and oxygen atoms in total. The highest BCUT2D eigenvalue weighted by Gasteiger charge is 2.07. The molecule has 0 aliphatic heterocycles. The van der Waals surface area contributed by atoms with Crippen LogP contribution in [-0.4, -0.2) is 6.54 Å². The van der Waals surface area contributed by atoms with Crippen molar-refractivity contribution in [2.45, 2.75) is 39.0 Å². The number of hydrogen-bond donors (Lipinski definition) is 1. The van der Waals surface area contributed by atoms with E-state index in [2.05, 4.69) is 28.2 Å². The zero-order chi connectivity index (χ0) is 12.7. The van der Waals surface area contributed by atoms with Crippen LogP contribution in [0.15, 0.2) is 16.6 Å². The lowest BCUT2D eigenvalue weighted by Crippen LogP contribution is -2.02. The van der Waals surface area contributed by atoms with Crippen LogP contribution in [0.2, 0.25) is 10.0 Å². The van der Waals surface area contributed by atoms with Crippen LogP contribution in [0.25, 0.3) is 0 Å². The van der Waals surface area contributed by atoms with Gasteiger partial charge in [-0.1, -0.05) is 55.8 Å². The first-order valence-corrected chi connectivity index (χ1v) is 7.59. The van der Waals surface area contributed by atoms with Crippen molar-refractivity contribution >= 4 is 44.8 Å². The maximum absolute atomic E-state index is 6.14. The second kappa shape index (κ2) is 8.23. The van der Waals surface area contributed by atoms with Gasteiger partial charge in [0.1, 0.15) is 0 Å². The summed E-state index contributed by atoms with van der Waals surface area (Å²) in [5.74, 6) is 0. The van der Waals surface area contributed by atoms with Crippen molar-refractivity contribution in [3.05, 3.63) is 26.7 Å². The average molecular weight is 339 g/mol. The Hall–Kier alpha value is 0.0800. The van der Waals surface area contributed by atoms with Gasteiger partial charge < -0.3 is 5.32 Å². The summed E-state index contributed by atoms with van der Waals surface area (Å²) in [5.41, 5.74) is 0.912. The van der Waals surface area contributed by atoms with E-state index >= 15 is 0 Å². The molecule has 0 fully saturated rings. The van der Waals surface area contributed by atoms with Gasteiger partial charge in [-0.2, -0.15) is 0 Å². The summed E-state index contributed by atoms with van der Waals surface area (Å²) < 4.78 is 0.831. The standard InChI is InChI=1S/C13H18BrCl2N/c1-2-3-4-5-6-9-17-11-8-7-10(14)12(15)13(11)16/h7-8,17H,2-6,9H2,1H3. The van der Waals surface area contributed by atoms with Crippen molar-refractivity contribution in [1.82, 2.24) is 0 Å². The molecular formula is C13H18BrCl2N. The van der Waals surface area contributed by atoms with Crippen LogP contribution in [0.1, 0.15) is 39.0 Å². The zero-order valence-electron chi connectivity index (χ0n) is 10.0. The minimum atomic E-state index is 0.572. The molecule has 0 unspecified atom stereocenters. The van der Waals surface area contributed by atoms with Crippen molar-refractivity contribution in [3.63, 3.8) is 0 Å². The molecule has 0 aromatic heterocycles. The predicted octanol–water partition coefficient (Wildman–Crippen LogP) is 6.14. The fraction of sp³-hybridized carbons (Fsp3) is 0.538. The van der Waals surface area contributed by atoms with Gasteiger partial charge in [-0.25, -0.2) is 0 Å². The summed E-state index contributed by atoms with van der Waals surface area (Å²) >= 11 is 15.5. The smallest absolute Gasteiger partial charge is 0.0835 e. The van der Waals surface area contributed by atoms with Crippen molar-refractivity contribution in [2.24, 2.45) is 0 Å². The van der Waals surface area contributed by atoms with Crippen LogP contribution in [0.3, 0.4) is 0 Å². The second-order valence-corrected chi connectivity index (χ2v) is 5.67. The summed E-state index contributed by atoms with van der Waals surface area (Å²) in [7, 11) is 0. The third kappa shape index (κ3) is 5.07. The molecule has 0 atom stereocenters. The number of unbranched alkanes of at least 4 members (excludes halogenated alkanes) is 4. The van der Waals surface area contributed by atoms with E-state index in [0.29, 0.717) is 10.0 Å². The number of halogens is 3. The van der Waals surface area contributed by atoms with Crippen molar-refractivity contribution in [2.75, 3.05) is 11.9 Å². The zero-order valence-corrected chi connectivity index (χ0v) is 13.1. The van der Waals surface area contributed by atoms with Gasteiger partial charge >= 0.3 is 0 Å². The highest BCUT2D eigenvalue weighted by atomic mass is 79.9. The summed E-state index contributed by atoms with van der Waals surface area (Å²) in [6.07, 6.45) is 6.35. The Kier molecular flexibility index (Phi) is 7.33. The molecule has 0 saturated carbocycles. The molecule has 1 rings (SSSR count). The van der Waals surface area contributed by atoms with Crippen LogP contribution in [-0.2, 0) is 0 Å². The monoisotopic (exact) mass is 337 g/mol. The van der Waals surface area contributed by atoms with Crippen molar-refractivity contribution in [1.29, 1.82) is 0 Å². The number of rotatable bonds is 7. The lowest BCUT2D eigenvalue weighted by Gasteiger charge is -2.10. The van der Waals surface area contributed by atoms with E-state index in [1.54, 1.807) is 0 Å². The van der Waals surface area contributed by atoms with E-state index in [-0.39, 0.29) is 0 Å². The van der Waals surface area contributed by atoms with Crippen molar-refractivity contribution in [3.8, 4) is 0 Å². The predicted molar refractivity (Wildman–Crippen MR) is 81.4 cm³/mol. The molecule has 0 amide bonds. The van der Waals surface area contributed by atoms with Crippen molar-refractivity contribution < 1.29 is 0 Å². The number of nitrogens with one attached hydrogen (secondary N) is 1. The van der Waals surface area contributed by atoms with E-state index in [1.807, 2.05) is 12.1 Å². The van der Waals surface area contributed by atoms with E-state index in [0.717, 1.165) is 16.7 Å². The highest BCUT2D eigenvalue weighted by molar-refractivity contribution is 9.10. The lowest BCUT2D eigenvalue weighted by atomic mass is 10.1. The molecule has 96 valence electrons. The van der Waals surface area contributed by atoms with Gasteiger partial charge in [0, 0.05) is 11.0 Å². The number of benzene rings is 1. The molecule has 0 saturated heterocycles. The van der Waals surface area contributed by atoms with Gasteiger partial charge in [-0.05, 0) is 34.5 Å². The van der Waals surface area contributed by atoms with Crippen LogP contribution < -0.4 is 5.32 Å². The van der Waals surface area contributed by atoms with E-state index < -0.39 is 0 Å². The summed E-state index contributed by atoms with van der Waals surface area (Å²) in [6.45, 7) is 3.17. The molecule has 0 bridgehead atoms. The fourth-order valence-corrected chi connectivity index (χ4v) is 2.45. The largest absolute Gasteiger partial charge is 0.384 e. The van der Waals surface area contributed by atoms with E-state index in [9.17, 15) is 0 Å². The Morgan fingerprint density at radius 2 is 1.76 bits per heavy atom. The summed E-state index contributed by atoms with van der Waals surface area (Å²) in [5, 5.41) is 4.48. The molecule has 0 radical (unpaired) electrons. The minimum Gasteiger partial charge on any atom is -0.384 e. The third-order valence-electron chi connectivity index (χ3n) is 2.63. The van der Waals surface area contributed by atoms with Gasteiger partial charge in [-0.3, -0.25) is 0 Å². The van der Waals surface area contributed by atoms with Gasteiger partial charge in [0.15, 0.2) is 0 Å². The Morgan fingerprint density at radius 3 is 2.47 bits per heavy atom. The van der Waals surface area contributed by atoms with Crippen LogP contribution in [0, 0.1) is 0 Å². The normalized spacial score (nSPS) is 10.6. The Balaban J connectivity index is 2.35. The Labute approximate surface area is 122 Å². The van der Waals surface area contributed by atoms with Crippen LogP contribution in [0.4, 0.5) is 5.69 Å². The van der Waals surface area contributed by atoms with Gasteiger partial charge in [0.25, 0.3) is 0 Å². The average Bonchev–Trinajstić information content (AvgIpc) is 2.33. The molecule has 0 aliphatic carbocycles. The molecule has 17 heavy (non-hydrogen) atoms. The van der Waals surface area contributed by atoms with Gasteiger partial charge in [0.2, 0.25) is 0 Å². The van der Waals surface area contributed by atoms with Crippen LogP contribution in [0.5, 0.6) is 0 Å². The van der Waals surface area contributed by atoms with E-state index in [1.165, 1.54) is 32.1 Å². The fourth-order valence-electron chi connectivity index (χ4n) is 1.61. The molecule has 1 aromatic carbocycles. The lowest BCUT2D eigenvalue weighted by molar-refractivity contribution is 0.645. The molecule has 0 aliphatic rings. The first-order chi connectivity index (χ1) is 8.16. The second-order valence-electron chi connectivity index (χ2n) is 4.06. The molecule has 1 aromatic rings. The quantitative estimate of drug-likeness (QED) is 0.465. The van der Waals surface area contributed by atoms with Crippen LogP contribution >= 0.6 is 39.1 Å². The maximum Gasteiger partial charge on any atom is 0.0835 e. The molecule has 0 heterocycles. The number of hydrogen-bond acceptors (Lipinski definition) is 1. The Bertz CT molecular complexity index is 356. The Morgan fingerprint density at radius 1 is 1.06 bits per heavy atom. The summed E-state index contributed by atoms with van der Waals surface area (Å²) in [4.78, 5) is 0. The SMILES string of the molecule is CCCCCCCNc1ccc(Br)c(Cl)c1Cl. The third-order valence-corrected chi connectivity index (χ3v) is 4.40. The molecular weight excluding hydrogens is 321 g/mol. The highest BCUT2D eigenvalue weighted by Crippen LogP contribution is 2.35. The first kappa shape index (κ1) is 15.1. The van der Waals surface area contributed by atoms with E-state index in [4.69, 9.17) is 23.2 Å². The van der Waals surface area contributed by atoms with Gasteiger partial charge in [-0.15, -0.1) is 0 Å². The maximum atomic E-state index is 6.14.